The summed E-state index contributed by atoms with van der Waals surface area (Å²) >= 11 is 1.53. The van der Waals surface area contributed by atoms with Crippen molar-refractivity contribution in [2.75, 3.05) is 0 Å². The van der Waals surface area contributed by atoms with Gasteiger partial charge in [0.2, 0.25) is 0 Å². The summed E-state index contributed by atoms with van der Waals surface area (Å²) in [6, 6.07) is 27.5. The van der Waals surface area contributed by atoms with E-state index < -0.39 is 0 Å². The number of hydrogen-bond acceptors (Lipinski definition) is 4. The first-order valence-corrected chi connectivity index (χ1v) is 10.8. The molecule has 0 aliphatic rings. The first kappa shape index (κ1) is 19.2. The summed E-state index contributed by atoms with van der Waals surface area (Å²) in [6.07, 6.45) is 5.63. The zero-order chi connectivity index (χ0) is 21.0. The Labute approximate surface area is 184 Å². The standard InChI is InChI=1S/C26H19N3OS/c30-25(21-11-5-2-6-12-21)22(26-28-23-13-7-8-14-24(23)31-26)15-20-16-27-29(18-20)17-19-9-3-1-4-10-19/h1-16,18H,17H2/b22-15-. The number of ketones is 1. The van der Waals surface area contributed by atoms with Crippen LogP contribution in [0.5, 0.6) is 0 Å². The lowest BCUT2D eigenvalue weighted by atomic mass is 10.0. The Kier molecular flexibility index (Phi) is 5.25. The molecule has 0 fully saturated rings. The van der Waals surface area contributed by atoms with Gasteiger partial charge in [-0.05, 0) is 23.8 Å². The fourth-order valence-electron chi connectivity index (χ4n) is 3.43. The quantitative estimate of drug-likeness (QED) is 0.251. The molecule has 0 atom stereocenters. The van der Waals surface area contributed by atoms with E-state index in [1.54, 1.807) is 6.20 Å². The van der Waals surface area contributed by atoms with E-state index in [0.29, 0.717) is 22.7 Å². The Hall–Kier alpha value is -3.83. The summed E-state index contributed by atoms with van der Waals surface area (Å²) in [7, 11) is 0. The molecule has 0 saturated heterocycles. The molecule has 0 radical (unpaired) electrons. The first-order chi connectivity index (χ1) is 15.3. The highest BCUT2D eigenvalue weighted by Gasteiger charge is 2.18. The van der Waals surface area contributed by atoms with Crippen molar-refractivity contribution in [2.45, 2.75) is 6.54 Å². The van der Waals surface area contributed by atoms with Gasteiger partial charge in [-0.1, -0.05) is 72.8 Å². The lowest BCUT2D eigenvalue weighted by molar-refractivity contribution is 0.105. The third kappa shape index (κ3) is 4.22. The molecule has 0 amide bonds. The predicted octanol–water partition coefficient (Wildman–Crippen LogP) is 5.96. The number of allylic oxidation sites excluding steroid dienone is 1. The highest BCUT2D eigenvalue weighted by atomic mass is 32.1. The van der Waals surface area contributed by atoms with Gasteiger partial charge in [0.25, 0.3) is 0 Å². The first-order valence-electron chi connectivity index (χ1n) is 10.00. The van der Waals surface area contributed by atoms with Crippen LogP contribution in [0, 0.1) is 0 Å². The predicted molar refractivity (Wildman–Crippen MR) is 126 cm³/mol. The number of fused-ring (bicyclic) bond motifs is 1. The molecule has 0 saturated carbocycles. The molecule has 0 spiro atoms. The van der Waals surface area contributed by atoms with Crippen molar-refractivity contribution in [1.29, 1.82) is 0 Å². The molecule has 31 heavy (non-hydrogen) atoms. The second-order valence-corrected chi connectivity index (χ2v) is 8.23. The van der Waals surface area contributed by atoms with Crippen molar-refractivity contribution in [3.8, 4) is 0 Å². The van der Waals surface area contributed by atoms with Crippen molar-refractivity contribution in [3.05, 3.63) is 119 Å². The summed E-state index contributed by atoms with van der Waals surface area (Å²) in [5.74, 6) is -0.0459. The third-order valence-corrected chi connectivity index (χ3v) is 6.03. The van der Waals surface area contributed by atoms with Gasteiger partial charge in [-0.3, -0.25) is 9.48 Å². The van der Waals surface area contributed by atoms with Crippen LogP contribution < -0.4 is 0 Å². The number of hydrogen-bond donors (Lipinski definition) is 0. The zero-order valence-corrected chi connectivity index (χ0v) is 17.5. The van der Waals surface area contributed by atoms with Crippen LogP contribution in [0.15, 0.2) is 97.3 Å². The smallest absolute Gasteiger partial charge is 0.196 e. The van der Waals surface area contributed by atoms with Gasteiger partial charge in [-0.2, -0.15) is 5.10 Å². The van der Waals surface area contributed by atoms with E-state index in [1.165, 1.54) is 16.9 Å². The van der Waals surface area contributed by atoms with Crippen LogP contribution in [0.4, 0.5) is 0 Å². The van der Waals surface area contributed by atoms with Gasteiger partial charge in [0.15, 0.2) is 5.78 Å². The van der Waals surface area contributed by atoms with Gasteiger partial charge >= 0.3 is 0 Å². The van der Waals surface area contributed by atoms with Crippen molar-refractivity contribution in [3.63, 3.8) is 0 Å². The summed E-state index contributed by atoms with van der Waals surface area (Å²) in [4.78, 5) is 18.1. The molecule has 0 aliphatic carbocycles. The third-order valence-electron chi connectivity index (χ3n) is 4.96. The molecule has 0 bridgehead atoms. The maximum absolute atomic E-state index is 13.4. The lowest BCUT2D eigenvalue weighted by Gasteiger charge is -2.04. The summed E-state index contributed by atoms with van der Waals surface area (Å²) in [5, 5.41) is 5.19. The van der Waals surface area contributed by atoms with Crippen LogP contribution in [0.1, 0.15) is 26.5 Å². The second kappa shape index (κ2) is 8.50. The molecule has 0 N–H and O–H groups in total. The highest BCUT2D eigenvalue weighted by molar-refractivity contribution is 7.20. The van der Waals surface area contributed by atoms with E-state index in [-0.39, 0.29) is 5.78 Å². The number of aromatic nitrogens is 3. The number of carbonyl (C=O) groups is 1. The van der Waals surface area contributed by atoms with Gasteiger partial charge in [0.05, 0.1) is 28.5 Å². The Morgan fingerprint density at radius 3 is 2.39 bits per heavy atom. The molecular weight excluding hydrogens is 402 g/mol. The number of para-hydroxylation sites is 1. The van der Waals surface area contributed by atoms with Crippen molar-refractivity contribution < 1.29 is 4.79 Å². The fraction of sp³-hybridized carbons (Fsp3) is 0.0385. The van der Waals surface area contributed by atoms with Gasteiger partial charge in [0, 0.05) is 17.3 Å². The van der Waals surface area contributed by atoms with E-state index in [1.807, 2.05) is 89.8 Å². The van der Waals surface area contributed by atoms with Crippen LogP contribution in [0.3, 0.4) is 0 Å². The van der Waals surface area contributed by atoms with Crippen molar-refractivity contribution in [2.24, 2.45) is 0 Å². The zero-order valence-electron chi connectivity index (χ0n) is 16.7. The maximum Gasteiger partial charge on any atom is 0.196 e. The van der Waals surface area contributed by atoms with E-state index >= 15 is 0 Å². The monoisotopic (exact) mass is 421 g/mol. The second-order valence-electron chi connectivity index (χ2n) is 7.20. The highest BCUT2D eigenvalue weighted by Crippen LogP contribution is 2.30. The molecule has 5 heteroatoms. The molecule has 150 valence electrons. The normalized spacial score (nSPS) is 11.7. The molecule has 2 aromatic heterocycles. The molecule has 5 rings (SSSR count). The van der Waals surface area contributed by atoms with Gasteiger partial charge in [0.1, 0.15) is 5.01 Å². The molecule has 3 aromatic carbocycles. The molecule has 0 aliphatic heterocycles. The number of thiazole rings is 1. The van der Waals surface area contributed by atoms with Crippen molar-refractivity contribution in [1.82, 2.24) is 14.8 Å². The summed E-state index contributed by atoms with van der Waals surface area (Å²) in [6.45, 7) is 0.678. The molecule has 5 aromatic rings. The molecule has 4 nitrogen and oxygen atoms in total. The van der Waals surface area contributed by atoms with Crippen LogP contribution >= 0.6 is 11.3 Å². The SMILES string of the molecule is O=C(/C(=C/c1cnn(Cc2ccccc2)c1)c1nc2ccccc2s1)c1ccccc1. The minimum Gasteiger partial charge on any atom is -0.288 e. The van der Waals surface area contributed by atoms with Gasteiger partial charge < -0.3 is 0 Å². The minimum atomic E-state index is -0.0459. The number of carbonyl (C=O) groups excluding carboxylic acids is 1. The Morgan fingerprint density at radius 1 is 0.903 bits per heavy atom. The largest absolute Gasteiger partial charge is 0.288 e. The van der Waals surface area contributed by atoms with E-state index in [4.69, 9.17) is 4.98 Å². The maximum atomic E-state index is 13.4. The van der Waals surface area contributed by atoms with Crippen LogP contribution in [-0.4, -0.2) is 20.5 Å². The summed E-state index contributed by atoms with van der Waals surface area (Å²) < 4.78 is 2.94. The summed E-state index contributed by atoms with van der Waals surface area (Å²) in [5.41, 5.74) is 4.16. The number of benzene rings is 3. The van der Waals surface area contributed by atoms with Crippen LogP contribution in [0.2, 0.25) is 0 Å². The van der Waals surface area contributed by atoms with E-state index in [0.717, 1.165) is 15.8 Å². The van der Waals surface area contributed by atoms with Crippen LogP contribution in [0.25, 0.3) is 21.9 Å². The van der Waals surface area contributed by atoms with E-state index in [2.05, 4.69) is 17.2 Å². The molecular formula is C26H19N3OS. The van der Waals surface area contributed by atoms with Gasteiger partial charge in [-0.15, -0.1) is 11.3 Å². The average molecular weight is 422 g/mol. The van der Waals surface area contributed by atoms with E-state index in [9.17, 15) is 4.79 Å². The number of nitrogens with zero attached hydrogens (tertiary/aromatic N) is 3. The van der Waals surface area contributed by atoms with Crippen molar-refractivity contribution >= 4 is 39.0 Å². The minimum absolute atomic E-state index is 0.0459. The molecule has 2 heterocycles. The van der Waals surface area contributed by atoms with Crippen LogP contribution in [-0.2, 0) is 6.54 Å². The fourth-order valence-corrected chi connectivity index (χ4v) is 4.41. The lowest BCUT2D eigenvalue weighted by Crippen LogP contribution is -2.02. The topological polar surface area (TPSA) is 47.8 Å². The average Bonchev–Trinajstić information content (AvgIpc) is 3.45. The number of rotatable bonds is 6. The Morgan fingerprint density at radius 2 is 1.61 bits per heavy atom. The molecule has 0 unspecified atom stereocenters. The Balaban J connectivity index is 1.54. The van der Waals surface area contributed by atoms with Gasteiger partial charge in [-0.25, -0.2) is 4.98 Å². The number of Topliss-reactive ketones (excluding diaryl/α,β-unsaturated/α-hetero) is 1. The Bertz CT molecular complexity index is 1330.